The fourth-order valence-electron chi connectivity index (χ4n) is 8.16. The maximum atomic E-state index is 17.2. The number of ether oxygens (including phenoxy) is 2. The minimum absolute atomic E-state index is 0.0386. The monoisotopic (exact) mass is 693 g/mol. The van der Waals surface area contributed by atoms with Crippen molar-refractivity contribution in [2.45, 2.75) is 50.1 Å². The van der Waals surface area contributed by atoms with Gasteiger partial charge in [0, 0.05) is 37.0 Å². The van der Waals surface area contributed by atoms with Crippen LogP contribution in [0.4, 0.5) is 19.6 Å². The van der Waals surface area contributed by atoms with E-state index in [1.807, 2.05) is 6.07 Å². The average Bonchev–Trinajstić information content (AvgIpc) is 3.69. The number of nitriles is 1. The Kier molecular flexibility index (Phi) is 7.54. The molecule has 2 N–H and O–H groups in total. The van der Waals surface area contributed by atoms with Gasteiger partial charge < -0.3 is 25.0 Å². The van der Waals surface area contributed by atoms with Crippen molar-refractivity contribution in [3.05, 3.63) is 34.4 Å². The van der Waals surface area contributed by atoms with Gasteiger partial charge in [-0.25, -0.2) is 8.78 Å². The fraction of sp³-hybridized carbons (Fsp3) is 0.471. The van der Waals surface area contributed by atoms with Gasteiger partial charge in [-0.05, 0) is 63.2 Å². The van der Waals surface area contributed by atoms with Crippen LogP contribution in [0.1, 0.15) is 44.1 Å². The summed E-state index contributed by atoms with van der Waals surface area (Å²) in [6.45, 7) is 3.05. The SMILES string of the molecule is CN(C)C(=O)C1CC(N2CCOc3c(Cl)c(-c4ccc(F)c5sc(N)c(C#N)c45)c(F)c4nc(OCC56CCCN5CCC6)nc2c34)C1. The summed E-state index contributed by atoms with van der Waals surface area (Å²) in [5.74, 6) is -0.759. The summed E-state index contributed by atoms with van der Waals surface area (Å²) in [6, 6.07) is 4.67. The molecule has 5 heterocycles. The number of aromatic nitrogens is 2. The van der Waals surface area contributed by atoms with Gasteiger partial charge in [0.1, 0.15) is 41.4 Å². The summed E-state index contributed by atoms with van der Waals surface area (Å²) in [5.41, 5.74) is 6.15. The number of rotatable bonds is 6. The van der Waals surface area contributed by atoms with Crippen molar-refractivity contribution in [2.24, 2.45) is 5.92 Å². The minimum atomic E-state index is -0.768. The van der Waals surface area contributed by atoms with Crippen molar-refractivity contribution in [2.75, 3.05) is 57.6 Å². The van der Waals surface area contributed by atoms with Crippen LogP contribution < -0.4 is 20.1 Å². The number of nitrogens with zero attached hydrogens (tertiary/aromatic N) is 6. The zero-order valence-electron chi connectivity index (χ0n) is 26.6. The van der Waals surface area contributed by atoms with Crippen LogP contribution in [0.15, 0.2) is 12.1 Å². The summed E-state index contributed by atoms with van der Waals surface area (Å²) in [6.07, 6.45) is 5.45. The zero-order valence-corrected chi connectivity index (χ0v) is 28.2. The number of nitrogens with two attached hydrogens (primary N) is 1. The van der Waals surface area contributed by atoms with E-state index < -0.39 is 11.6 Å². The summed E-state index contributed by atoms with van der Waals surface area (Å²) in [7, 11) is 3.50. The van der Waals surface area contributed by atoms with Gasteiger partial charge >= 0.3 is 6.01 Å². The molecule has 250 valence electrons. The third-order valence-electron chi connectivity index (χ3n) is 10.6. The number of amides is 1. The van der Waals surface area contributed by atoms with E-state index in [2.05, 4.69) is 14.8 Å². The van der Waals surface area contributed by atoms with Gasteiger partial charge in [0.2, 0.25) is 5.91 Å². The third kappa shape index (κ3) is 4.67. The number of thiophene rings is 1. The summed E-state index contributed by atoms with van der Waals surface area (Å²) >= 11 is 7.97. The molecule has 0 bridgehead atoms. The smallest absolute Gasteiger partial charge is 0.319 e. The van der Waals surface area contributed by atoms with E-state index in [1.165, 1.54) is 12.1 Å². The summed E-state index contributed by atoms with van der Waals surface area (Å²) in [4.78, 5) is 28.4. The molecule has 0 unspecified atom stereocenters. The fourth-order valence-corrected chi connectivity index (χ4v) is 9.45. The lowest BCUT2D eigenvalue weighted by atomic mass is 9.78. The Morgan fingerprint density at radius 2 is 1.96 bits per heavy atom. The first-order valence-electron chi connectivity index (χ1n) is 16.2. The zero-order chi connectivity index (χ0) is 33.5. The Hall–Kier alpha value is -3.99. The van der Waals surface area contributed by atoms with Crippen LogP contribution in [0.2, 0.25) is 5.02 Å². The van der Waals surface area contributed by atoms with Gasteiger partial charge in [-0.3, -0.25) is 9.69 Å². The first-order chi connectivity index (χ1) is 23.1. The predicted molar refractivity (Wildman–Crippen MR) is 181 cm³/mol. The number of anilines is 2. The van der Waals surface area contributed by atoms with Crippen LogP contribution >= 0.6 is 22.9 Å². The number of carbonyl (C=O) groups excluding carboxylic acids is 1. The number of hydrogen-bond acceptors (Lipinski definition) is 10. The molecule has 1 aliphatic carbocycles. The maximum Gasteiger partial charge on any atom is 0.319 e. The minimum Gasteiger partial charge on any atom is -0.489 e. The number of carbonyl (C=O) groups is 1. The molecule has 2 aromatic heterocycles. The largest absolute Gasteiger partial charge is 0.489 e. The Morgan fingerprint density at radius 3 is 2.67 bits per heavy atom. The molecule has 48 heavy (non-hydrogen) atoms. The van der Waals surface area contributed by atoms with Gasteiger partial charge in [-0.2, -0.15) is 15.2 Å². The van der Waals surface area contributed by atoms with E-state index in [9.17, 15) is 14.4 Å². The second-order valence-electron chi connectivity index (χ2n) is 13.4. The first-order valence-corrected chi connectivity index (χ1v) is 17.4. The highest BCUT2D eigenvalue weighted by atomic mass is 35.5. The molecule has 0 radical (unpaired) electrons. The van der Waals surface area contributed by atoms with Crippen molar-refractivity contribution in [1.82, 2.24) is 19.8 Å². The highest BCUT2D eigenvalue weighted by Crippen LogP contribution is 2.52. The van der Waals surface area contributed by atoms with Crippen molar-refractivity contribution in [3.63, 3.8) is 0 Å². The van der Waals surface area contributed by atoms with E-state index in [1.54, 1.807) is 19.0 Å². The van der Waals surface area contributed by atoms with Crippen molar-refractivity contribution < 1.29 is 23.0 Å². The third-order valence-corrected chi connectivity index (χ3v) is 12.0. The molecule has 0 spiro atoms. The number of fused-ring (bicyclic) bond motifs is 2. The number of halogens is 3. The van der Waals surface area contributed by atoms with Gasteiger partial charge in [-0.15, -0.1) is 11.3 Å². The Balaban J connectivity index is 1.30. The highest BCUT2D eigenvalue weighted by molar-refractivity contribution is 7.23. The highest BCUT2D eigenvalue weighted by Gasteiger charge is 2.46. The molecule has 14 heteroatoms. The van der Waals surface area contributed by atoms with Crippen LogP contribution in [-0.2, 0) is 4.79 Å². The lowest BCUT2D eigenvalue weighted by molar-refractivity contribution is -0.136. The van der Waals surface area contributed by atoms with E-state index in [0.29, 0.717) is 37.2 Å². The number of hydrogen-bond donors (Lipinski definition) is 1. The number of benzene rings is 2. The molecule has 3 aliphatic heterocycles. The van der Waals surface area contributed by atoms with Crippen LogP contribution in [-0.4, -0.2) is 84.2 Å². The van der Waals surface area contributed by atoms with Gasteiger partial charge in [0.25, 0.3) is 0 Å². The molecule has 2 aromatic carbocycles. The van der Waals surface area contributed by atoms with Crippen LogP contribution in [0.3, 0.4) is 0 Å². The lowest BCUT2D eigenvalue weighted by Gasteiger charge is -2.43. The molecule has 1 saturated carbocycles. The average molecular weight is 694 g/mol. The van der Waals surface area contributed by atoms with E-state index in [4.69, 9.17) is 31.8 Å². The molecule has 3 fully saturated rings. The van der Waals surface area contributed by atoms with Gasteiger partial charge in [-0.1, -0.05) is 17.7 Å². The molecule has 10 nitrogen and oxygen atoms in total. The Morgan fingerprint density at radius 1 is 1.21 bits per heavy atom. The van der Waals surface area contributed by atoms with Gasteiger partial charge in [0.15, 0.2) is 11.6 Å². The van der Waals surface area contributed by atoms with E-state index >= 15 is 4.39 Å². The van der Waals surface area contributed by atoms with Crippen LogP contribution in [0.5, 0.6) is 11.8 Å². The second-order valence-corrected chi connectivity index (χ2v) is 14.9. The van der Waals surface area contributed by atoms with Crippen LogP contribution in [0.25, 0.3) is 32.1 Å². The van der Waals surface area contributed by atoms with Gasteiger partial charge in [0.05, 0.1) is 32.8 Å². The maximum absolute atomic E-state index is 17.2. The molecular formula is C34H34ClF2N7O3S. The standard InChI is InChI=1S/C34H34ClF2N7O3S/c1-42(2)32(45)17-13-18(14-17)44-11-12-46-28-24-27(40-33(41-31(24)44)47-16-34-7-3-9-43(34)10-4-8-34)26(37)23(25(28)35)19-5-6-21(36)29-22(19)20(15-38)30(39)48-29/h5-6,17-18H,3-4,7-14,16,39H2,1-2H3. The van der Waals surface area contributed by atoms with E-state index in [0.717, 1.165) is 50.1 Å². The molecule has 8 rings (SSSR count). The summed E-state index contributed by atoms with van der Waals surface area (Å²) in [5, 5.41) is 10.5. The molecule has 2 saturated heterocycles. The molecule has 0 atom stereocenters. The molecule has 1 amide bonds. The number of nitrogen functional groups attached to an aromatic ring is 1. The molecule has 4 aliphatic rings. The Labute approximate surface area is 285 Å². The van der Waals surface area contributed by atoms with Crippen molar-refractivity contribution >= 4 is 60.7 Å². The lowest BCUT2D eigenvalue weighted by Crippen LogP contribution is -2.50. The van der Waals surface area contributed by atoms with Crippen LogP contribution in [0, 0.1) is 28.9 Å². The van der Waals surface area contributed by atoms with E-state index in [-0.39, 0.29) is 84.1 Å². The quantitative estimate of drug-likeness (QED) is 0.260. The predicted octanol–water partition coefficient (Wildman–Crippen LogP) is 5.97. The molecule has 4 aromatic rings. The Bertz CT molecular complexity index is 2030. The summed E-state index contributed by atoms with van der Waals surface area (Å²) < 4.78 is 44.9. The first kappa shape index (κ1) is 31.3. The molecular weight excluding hydrogens is 660 g/mol. The second kappa shape index (κ2) is 11.6. The van der Waals surface area contributed by atoms with Crippen molar-refractivity contribution in [3.8, 4) is 29.0 Å². The normalized spacial score (nSPS) is 21.5. The van der Waals surface area contributed by atoms with Crippen molar-refractivity contribution in [1.29, 1.82) is 5.26 Å². The topological polar surface area (TPSA) is 121 Å².